The molecule has 2 N–H and O–H groups in total. The molecule has 0 aromatic carbocycles. The third-order valence-corrected chi connectivity index (χ3v) is 13.2. The van der Waals surface area contributed by atoms with Crippen molar-refractivity contribution >= 4 is 13.7 Å². The molecule has 0 aliphatic heterocycles. The van der Waals surface area contributed by atoms with Crippen molar-refractivity contribution in [2.45, 2.75) is 276 Å². The Balaban J connectivity index is 4.22. The van der Waals surface area contributed by atoms with Gasteiger partial charge in [-0.1, -0.05) is 231 Å². The van der Waals surface area contributed by atoms with Gasteiger partial charge in [-0.15, -0.1) is 0 Å². The highest BCUT2D eigenvalue weighted by Crippen LogP contribution is 2.38. The average Bonchev–Trinajstić information content (AvgIpc) is 3.21. The summed E-state index contributed by atoms with van der Waals surface area (Å²) in [5, 5.41) is 14.0. The molecule has 1 amide bonds. The number of aliphatic hydroxyl groups is 1. The lowest BCUT2D eigenvalue weighted by molar-refractivity contribution is -0.870. The number of unbranched alkanes of at least 4 members (excludes halogenated alkanes) is 34. The van der Waals surface area contributed by atoms with Crippen molar-refractivity contribution in [3.05, 3.63) is 12.2 Å². The van der Waals surface area contributed by atoms with Gasteiger partial charge in [0.2, 0.25) is 5.91 Å². The third kappa shape index (κ3) is 47.0. The predicted molar refractivity (Wildman–Crippen MR) is 261 cm³/mol. The summed E-state index contributed by atoms with van der Waals surface area (Å²) in [6, 6.07) is -0.798. The van der Waals surface area contributed by atoms with Crippen LogP contribution >= 0.6 is 7.82 Å². The quantitative estimate of drug-likeness (QED) is 0.0273. The van der Waals surface area contributed by atoms with Gasteiger partial charge in [-0.25, -0.2) is 0 Å². The molecule has 9 heteroatoms. The van der Waals surface area contributed by atoms with Crippen LogP contribution in [-0.2, 0) is 18.4 Å². The van der Waals surface area contributed by atoms with Gasteiger partial charge in [-0.3, -0.25) is 9.36 Å². The Morgan fingerprint density at radius 2 is 0.902 bits per heavy atom. The molecule has 3 atom stereocenters. The number of hydrogen-bond acceptors (Lipinski definition) is 6. The van der Waals surface area contributed by atoms with E-state index in [0.717, 1.165) is 38.5 Å². The first-order chi connectivity index (χ1) is 29.5. The van der Waals surface area contributed by atoms with Gasteiger partial charge >= 0.3 is 0 Å². The number of phosphoric ester groups is 1. The third-order valence-electron chi connectivity index (χ3n) is 12.3. The number of carbonyl (C=O) groups excluding carboxylic acids is 1. The van der Waals surface area contributed by atoms with Crippen LogP contribution in [-0.4, -0.2) is 68.5 Å². The van der Waals surface area contributed by atoms with E-state index in [1.54, 1.807) is 0 Å². The lowest BCUT2D eigenvalue weighted by Gasteiger charge is -2.30. The number of allylic oxidation sites excluding steroid dienone is 2. The van der Waals surface area contributed by atoms with Crippen molar-refractivity contribution in [2.75, 3.05) is 40.9 Å². The molecule has 0 radical (unpaired) electrons. The van der Waals surface area contributed by atoms with E-state index in [1.165, 1.54) is 199 Å². The van der Waals surface area contributed by atoms with Crippen LogP contribution in [0.25, 0.3) is 0 Å². The van der Waals surface area contributed by atoms with Gasteiger partial charge in [0.25, 0.3) is 7.82 Å². The average molecular weight is 885 g/mol. The molecular weight excluding hydrogens is 780 g/mol. The summed E-state index contributed by atoms with van der Waals surface area (Å²) in [6.07, 6.45) is 52.2. The van der Waals surface area contributed by atoms with E-state index in [0.29, 0.717) is 23.9 Å². The van der Waals surface area contributed by atoms with Crippen molar-refractivity contribution in [1.29, 1.82) is 0 Å². The number of nitrogens with one attached hydrogen (secondary N) is 1. The first-order valence-corrected chi connectivity index (χ1v) is 28.0. The van der Waals surface area contributed by atoms with Gasteiger partial charge in [0.15, 0.2) is 0 Å². The minimum atomic E-state index is -4.57. The highest BCUT2D eigenvalue weighted by molar-refractivity contribution is 7.45. The summed E-state index contributed by atoms with van der Waals surface area (Å²) in [6.45, 7) is 4.75. The summed E-state index contributed by atoms with van der Waals surface area (Å²) in [5.41, 5.74) is 0. The Hall–Kier alpha value is -0.760. The minimum absolute atomic E-state index is 0.0141. The Kier molecular flexibility index (Phi) is 43.9. The number of rotatable bonds is 49. The van der Waals surface area contributed by atoms with E-state index in [4.69, 9.17) is 9.05 Å². The van der Waals surface area contributed by atoms with Crippen molar-refractivity contribution in [3.8, 4) is 0 Å². The first-order valence-electron chi connectivity index (χ1n) is 26.5. The zero-order valence-corrected chi connectivity index (χ0v) is 42.3. The van der Waals surface area contributed by atoms with Crippen LogP contribution in [0.5, 0.6) is 0 Å². The number of aliphatic hydroxyl groups excluding tert-OH is 1. The number of hydrogen-bond donors (Lipinski definition) is 2. The summed E-state index contributed by atoms with van der Waals surface area (Å²) < 4.78 is 23.4. The van der Waals surface area contributed by atoms with Crippen LogP contribution in [0.3, 0.4) is 0 Å². The van der Waals surface area contributed by atoms with E-state index < -0.39 is 20.0 Å². The van der Waals surface area contributed by atoms with E-state index in [1.807, 2.05) is 21.1 Å². The van der Waals surface area contributed by atoms with Gasteiger partial charge < -0.3 is 28.8 Å². The highest BCUT2D eigenvalue weighted by Gasteiger charge is 2.24. The molecule has 0 aliphatic carbocycles. The summed E-state index contributed by atoms with van der Waals surface area (Å²) in [4.78, 5) is 25.5. The number of likely N-dealkylation sites (N-methyl/N-ethyl adjacent to an activating group) is 1. The van der Waals surface area contributed by atoms with Gasteiger partial charge in [0.1, 0.15) is 13.2 Å². The molecule has 364 valence electrons. The molecule has 0 aromatic heterocycles. The molecule has 0 fully saturated rings. The lowest BCUT2D eigenvalue weighted by Crippen LogP contribution is -2.46. The van der Waals surface area contributed by atoms with Crippen LogP contribution in [0.4, 0.5) is 0 Å². The first kappa shape index (κ1) is 60.2. The van der Waals surface area contributed by atoms with Crippen LogP contribution in [0, 0.1) is 0 Å². The monoisotopic (exact) mass is 885 g/mol. The number of quaternary nitrogens is 1. The van der Waals surface area contributed by atoms with Crippen LogP contribution in [0.15, 0.2) is 12.2 Å². The number of carbonyl (C=O) groups is 1. The van der Waals surface area contributed by atoms with E-state index in [2.05, 4.69) is 31.3 Å². The summed E-state index contributed by atoms with van der Waals surface area (Å²) in [5.74, 6) is -0.163. The summed E-state index contributed by atoms with van der Waals surface area (Å²) in [7, 11) is 1.31. The maximum absolute atomic E-state index is 12.9. The Labute approximate surface area is 380 Å². The minimum Gasteiger partial charge on any atom is -0.756 e. The molecule has 0 rings (SSSR count). The molecule has 0 aliphatic rings. The number of amides is 1. The zero-order valence-electron chi connectivity index (χ0n) is 41.4. The summed E-state index contributed by atoms with van der Waals surface area (Å²) >= 11 is 0. The van der Waals surface area contributed by atoms with E-state index >= 15 is 0 Å². The van der Waals surface area contributed by atoms with Crippen molar-refractivity contribution in [1.82, 2.24) is 5.32 Å². The van der Waals surface area contributed by atoms with Gasteiger partial charge in [0.05, 0.1) is 39.9 Å². The van der Waals surface area contributed by atoms with E-state index in [9.17, 15) is 19.4 Å². The predicted octanol–water partition coefficient (Wildman–Crippen LogP) is 14.8. The molecule has 0 bridgehead atoms. The zero-order chi connectivity index (χ0) is 45.0. The fourth-order valence-corrected chi connectivity index (χ4v) is 8.76. The molecular formula is C52H105N2O6P. The molecule has 0 saturated carbocycles. The van der Waals surface area contributed by atoms with Crippen LogP contribution < -0.4 is 10.2 Å². The Morgan fingerprint density at radius 1 is 0.557 bits per heavy atom. The number of nitrogens with zero attached hydrogens (tertiary/aromatic N) is 1. The smallest absolute Gasteiger partial charge is 0.268 e. The van der Waals surface area contributed by atoms with Crippen LogP contribution in [0.1, 0.15) is 264 Å². The van der Waals surface area contributed by atoms with Crippen molar-refractivity contribution < 1.29 is 32.9 Å². The lowest BCUT2D eigenvalue weighted by atomic mass is 10.0. The molecule has 0 saturated heterocycles. The van der Waals surface area contributed by atoms with Gasteiger partial charge in [-0.2, -0.15) is 0 Å². The second-order valence-electron chi connectivity index (χ2n) is 19.6. The van der Waals surface area contributed by atoms with Crippen molar-refractivity contribution in [3.63, 3.8) is 0 Å². The normalized spacial score (nSPS) is 14.1. The van der Waals surface area contributed by atoms with Crippen molar-refractivity contribution in [2.24, 2.45) is 0 Å². The van der Waals surface area contributed by atoms with E-state index in [-0.39, 0.29) is 19.1 Å². The highest BCUT2D eigenvalue weighted by atomic mass is 31.2. The SMILES string of the molecule is CCCCCCCC/C=C\CCCCCCCCCCCC(=O)NC(COP(=O)([O-])OCC[N+](C)(C)C)C(O)CCCCCCCCCCCCCCCCCCCCCC. The second kappa shape index (κ2) is 44.4. The second-order valence-corrected chi connectivity index (χ2v) is 21.0. The number of phosphoric acid groups is 1. The maximum Gasteiger partial charge on any atom is 0.268 e. The van der Waals surface area contributed by atoms with Gasteiger partial charge in [-0.05, 0) is 38.5 Å². The Bertz CT molecular complexity index is 1000. The largest absolute Gasteiger partial charge is 0.756 e. The fraction of sp³-hybridized carbons (Fsp3) is 0.942. The molecule has 0 aromatic rings. The molecule has 0 heterocycles. The maximum atomic E-state index is 12.9. The molecule has 0 spiro atoms. The molecule has 8 nitrogen and oxygen atoms in total. The molecule has 3 unspecified atom stereocenters. The fourth-order valence-electron chi connectivity index (χ4n) is 8.04. The van der Waals surface area contributed by atoms with Gasteiger partial charge in [0, 0.05) is 6.42 Å². The Morgan fingerprint density at radius 3 is 1.28 bits per heavy atom. The molecule has 61 heavy (non-hydrogen) atoms. The standard InChI is InChI=1S/C52H105N2O6P/c1-6-8-10-12-14-16-18-20-22-24-26-28-29-31-33-35-37-39-41-43-45-51(55)50(49-60-61(57,58)59-48-47-54(3,4)5)53-52(56)46-44-42-40-38-36-34-32-30-27-25-23-21-19-17-15-13-11-9-7-2/h21,23,50-51,55H,6-20,22,24-49H2,1-5H3,(H-,53,56,57,58)/b23-21-. The van der Waals surface area contributed by atoms with Crippen LogP contribution in [0.2, 0.25) is 0 Å². The topological polar surface area (TPSA) is 108 Å².